The second-order valence-electron chi connectivity index (χ2n) is 3.15. The second-order valence-corrected chi connectivity index (χ2v) is 4.06. The van der Waals surface area contributed by atoms with Gasteiger partial charge in [0.25, 0.3) is 0 Å². The quantitative estimate of drug-likeness (QED) is 0.945. The number of benzene rings is 1. The number of halogens is 2. The third kappa shape index (κ3) is 2.91. The van der Waals surface area contributed by atoms with E-state index >= 15 is 0 Å². The summed E-state index contributed by atoms with van der Waals surface area (Å²) >= 11 is 3.17. The van der Waals surface area contributed by atoms with Gasteiger partial charge in [-0.1, -0.05) is 15.9 Å². The Labute approximate surface area is 106 Å². The Morgan fingerprint density at radius 3 is 2.88 bits per heavy atom. The van der Waals surface area contributed by atoms with E-state index in [1.165, 1.54) is 18.3 Å². The van der Waals surface area contributed by atoms with Crippen LogP contribution in [0.1, 0.15) is 0 Å². The fourth-order valence-corrected chi connectivity index (χ4v) is 1.52. The van der Waals surface area contributed by atoms with Gasteiger partial charge in [0.15, 0.2) is 11.6 Å². The van der Waals surface area contributed by atoms with Crippen molar-refractivity contribution in [1.29, 1.82) is 0 Å². The van der Waals surface area contributed by atoms with E-state index in [4.69, 9.17) is 4.74 Å². The van der Waals surface area contributed by atoms with E-state index in [0.717, 1.165) is 0 Å². The highest BCUT2D eigenvalue weighted by molar-refractivity contribution is 9.10. The molecule has 2 aromatic rings. The lowest BCUT2D eigenvalue weighted by Gasteiger charge is -2.06. The first-order valence-corrected chi connectivity index (χ1v) is 5.62. The molecule has 0 atom stereocenters. The lowest BCUT2D eigenvalue weighted by atomic mass is 10.3. The van der Waals surface area contributed by atoms with Gasteiger partial charge in [-0.15, -0.1) is 0 Å². The lowest BCUT2D eigenvalue weighted by Crippen LogP contribution is -1.97. The van der Waals surface area contributed by atoms with Crippen LogP contribution in [0.2, 0.25) is 0 Å². The van der Waals surface area contributed by atoms with Crippen LogP contribution in [0.25, 0.3) is 0 Å². The van der Waals surface area contributed by atoms with E-state index in [-0.39, 0.29) is 11.6 Å². The van der Waals surface area contributed by atoms with E-state index in [0.29, 0.717) is 10.4 Å². The first-order valence-electron chi connectivity index (χ1n) is 4.83. The molecule has 0 unspecified atom stereocenters. The zero-order valence-corrected chi connectivity index (χ0v) is 10.5. The van der Waals surface area contributed by atoms with Crippen molar-refractivity contribution in [2.45, 2.75) is 0 Å². The molecule has 1 aromatic heterocycles. The van der Waals surface area contributed by atoms with Crippen LogP contribution >= 0.6 is 15.9 Å². The van der Waals surface area contributed by atoms with Gasteiger partial charge < -0.3 is 10.1 Å². The Hall–Kier alpha value is -1.69. The highest BCUT2D eigenvalue weighted by Gasteiger charge is 2.06. The summed E-state index contributed by atoms with van der Waals surface area (Å²) in [5.74, 6) is 0.364. The summed E-state index contributed by atoms with van der Waals surface area (Å²) < 4.78 is 19.5. The second kappa shape index (κ2) is 5.09. The molecule has 88 valence electrons. The van der Waals surface area contributed by atoms with Crippen LogP contribution < -0.4 is 10.1 Å². The van der Waals surface area contributed by atoms with Crippen molar-refractivity contribution < 1.29 is 9.13 Å². The van der Waals surface area contributed by atoms with Gasteiger partial charge in [0, 0.05) is 23.8 Å². The van der Waals surface area contributed by atoms with Crippen molar-refractivity contribution in [3.05, 3.63) is 40.8 Å². The fourth-order valence-electron chi connectivity index (χ4n) is 1.19. The Morgan fingerprint density at radius 2 is 2.18 bits per heavy atom. The zero-order valence-electron chi connectivity index (χ0n) is 8.95. The molecule has 1 N–H and O–H groups in total. The summed E-state index contributed by atoms with van der Waals surface area (Å²) in [5, 5.41) is 2.77. The predicted molar refractivity (Wildman–Crippen MR) is 65.8 cm³/mol. The average Bonchev–Trinajstić information content (AvgIpc) is 2.33. The SMILES string of the molecule is CNc1nccc(Oc2ccc(Br)cc2F)n1. The number of anilines is 1. The normalized spacial score (nSPS) is 10.1. The van der Waals surface area contributed by atoms with Crippen LogP contribution in [0.4, 0.5) is 10.3 Å². The molecule has 1 heterocycles. The van der Waals surface area contributed by atoms with Crippen molar-refractivity contribution in [3.63, 3.8) is 0 Å². The van der Waals surface area contributed by atoms with Crippen LogP contribution in [0.15, 0.2) is 34.9 Å². The van der Waals surface area contributed by atoms with E-state index in [1.54, 1.807) is 19.2 Å². The molecule has 0 saturated heterocycles. The molecule has 4 nitrogen and oxygen atoms in total. The van der Waals surface area contributed by atoms with Gasteiger partial charge in [0.1, 0.15) is 0 Å². The molecular formula is C11H9BrFN3O. The first-order chi connectivity index (χ1) is 8.19. The van der Waals surface area contributed by atoms with E-state index in [2.05, 4.69) is 31.2 Å². The van der Waals surface area contributed by atoms with Crippen LogP contribution in [-0.4, -0.2) is 17.0 Å². The molecule has 17 heavy (non-hydrogen) atoms. The molecule has 2 rings (SSSR count). The monoisotopic (exact) mass is 297 g/mol. The molecular weight excluding hydrogens is 289 g/mol. The third-order valence-corrected chi connectivity index (χ3v) is 2.46. The largest absolute Gasteiger partial charge is 0.436 e. The topological polar surface area (TPSA) is 47.0 Å². The van der Waals surface area contributed by atoms with Gasteiger partial charge in [-0.05, 0) is 18.2 Å². The first kappa shape index (κ1) is 11.8. The summed E-state index contributed by atoms with van der Waals surface area (Å²) in [6.45, 7) is 0. The molecule has 0 amide bonds. The number of rotatable bonds is 3. The van der Waals surface area contributed by atoms with Gasteiger partial charge in [-0.3, -0.25) is 0 Å². The maximum atomic E-state index is 13.5. The van der Waals surface area contributed by atoms with E-state index < -0.39 is 5.82 Å². The van der Waals surface area contributed by atoms with Crippen LogP contribution in [0, 0.1) is 5.82 Å². The summed E-state index contributed by atoms with van der Waals surface area (Å²) in [6.07, 6.45) is 1.53. The Kier molecular flexibility index (Phi) is 3.53. The van der Waals surface area contributed by atoms with Crippen LogP contribution in [-0.2, 0) is 0 Å². The molecule has 0 aliphatic carbocycles. The maximum absolute atomic E-state index is 13.5. The highest BCUT2D eigenvalue weighted by Crippen LogP contribution is 2.25. The highest BCUT2D eigenvalue weighted by atomic mass is 79.9. The lowest BCUT2D eigenvalue weighted by molar-refractivity contribution is 0.427. The molecule has 6 heteroatoms. The molecule has 0 spiro atoms. The Morgan fingerprint density at radius 1 is 1.35 bits per heavy atom. The molecule has 0 radical (unpaired) electrons. The smallest absolute Gasteiger partial charge is 0.225 e. The Balaban J connectivity index is 2.25. The van der Waals surface area contributed by atoms with Crippen LogP contribution in [0.5, 0.6) is 11.6 Å². The number of aromatic nitrogens is 2. The number of hydrogen-bond acceptors (Lipinski definition) is 4. The van der Waals surface area contributed by atoms with Gasteiger partial charge in [-0.2, -0.15) is 4.98 Å². The van der Waals surface area contributed by atoms with Gasteiger partial charge >= 0.3 is 0 Å². The predicted octanol–water partition coefficient (Wildman–Crippen LogP) is 3.21. The summed E-state index contributed by atoms with van der Waals surface area (Å²) in [5.41, 5.74) is 0. The minimum Gasteiger partial charge on any atom is -0.436 e. The van der Waals surface area contributed by atoms with Crippen molar-refractivity contribution in [3.8, 4) is 11.6 Å². The number of ether oxygens (including phenoxy) is 1. The standard InChI is InChI=1S/C11H9BrFN3O/c1-14-11-15-5-4-10(16-11)17-9-3-2-7(12)6-8(9)13/h2-6H,1H3,(H,14,15,16). The van der Waals surface area contributed by atoms with E-state index in [1.807, 2.05) is 0 Å². The van der Waals surface area contributed by atoms with E-state index in [9.17, 15) is 4.39 Å². The number of nitrogens with zero attached hydrogens (tertiary/aromatic N) is 2. The van der Waals surface area contributed by atoms with Crippen molar-refractivity contribution in [2.75, 3.05) is 12.4 Å². The third-order valence-electron chi connectivity index (χ3n) is 1.96. The van der Waals surface area contributed by atoms with Gasteiger partial charge in [0.2, 0.25) is 11.8 Å². The number of hydrogen-bond donors (Lipinski definition) is 1. The summed E-state index contributed by atoms with van der Waals surface area (Å²) in [7, 11) is 1.69. The Bertz CT molecular complexity index is 536. The molecule has 0 aliphatic heterocycles. The maximum Gasteiger partial charge on any atom is 0.225 e. The zero-order chi connectivity index (χ0) is 12.3. The van der Waals surface area contributed by atoms with Crippen molar-refractivity contribution in [2.24, 2.45) is 0 Å². The molecule has 0 fully saturated rings. The number of nitrogens with one attached hydrogen (secondary N) is 1. The fraction of sp³-hybridized carbons (Fsp3) is 0.0909. The minimum atomic E-state index is -0.455. The van der Waals surface area contributed by atoms with Crippen molar-refractivity contribution >= 4 is 21.9 Å². The van der Waals surface area contributed by atoms with Gasteiger partial charge in [-0.25, -0.2) is 9.37 Å². The minimum absolute atomic E-state index is 0.119. The molecule has 1 aromatic carbocycles. The summed E-state index contributed by atoms with van der Waals surface area (Å²) in [6, 6.07) is 6.11. The van der Waals surface area contributed by atoms with Crippen LogP contribution in [0.3, 0.4) is 0 Å². The molecule has 0 saturated carbocycles. The molecule has 0 aliphatic rings. The van der Waals surface area contributed by atoms with Crippen molar-refractivity contribution in [1.82, 2.24) is 9.97 Å². The molecule has 0 bridgehead atoms. The summed E-state index contributed by atoms with van der Waals surface area (Å²) in [4.78, 5) is 7.96. The average molecular weight is 298 g/mol. The van der Waals surface area contributed by atoms with Gasteiger partial charge in [0.05, 0.1) is 0 Å².